The van der Waals surface area contributed by atoms with Crippen LogP contribution in [-0.2, 0) is 10.0 Å². The predicted octanol–water partition coefficient (Wildman–Crippen LogP) is 4.57. The largest absolute Gasteiger partial charge is 0.268 e. The molecule has 0 saturated heterocycles. The van der Waals surface area contributed by atoms with E-state index in [-0.39, 0.29) is 10.0 Å². The molecule has 3 aromatic rings. The van der Waals surface area contributed by atoms with E-state index in [1.165, 1.54) is 3.97 Å². The number of hydrogen-bond donors (Lipinski definition) is 0. The molecule has 122 valence electrons. The zero-order valence-electron chi connectivity index (χ0n) is 13.5. The summed E-state index contributed by atoms with van der Waals surface area (Å²) in [6.07, 6.45) is 3.19. The van der Waals surface area contributed by atoms with E-state index in [1.807, 2.05) is 27.7 Å². The van der Waals surface area contributed by atoms with Crippen LogP contribution in [0.25, 0.3) is 10.9 Å². The van der Waals surface area contributed by atoms with Gasteiger partial charge in [0.25, 0.3) is 10.0 Å². The topological polar surface area (TPSA) is 52.0 Å². The first-order chi connectivity index (χ1) is 10.9. The zero-order valence-corrected chi connectivity index (χ0v) is 15.1. The van der Waals surface area contributed by atoms with Crippen LogP contribution in [0.2, 0.25) is 5.15 Å². The fourth-order valence-electron chi connectivity index (χ4n) is 2.24. The molecule has 0 fully saturated rings. The van der Waals surface area contributed by atoms with Crippen LogP contribution in [0, 0.1) is 13.8 Å². The van der Waals surface area contributed by atoms with Gasteiger partial charge in [-0.1, -0.05) is 43.1 Å². The van der Waals surface area contributed by atoms with Crippen molar-refractivity contribution in [1.82, 2.24) is 8.96 Å². The van der Waals surface area contributed by atoms with Gasteiger partial charge >= 0.3 is 0 Å². The van der Waals surface area contributed by atoms with Gasteiger partial charge in [0.2, 0.25) is 0 Å². The van der Waals surface area contributed by atoms with Crippen molar-refractivity contribution in [2.24, 2.45) is 0 Å². The molecule has 2 heterocycles. The van der Waals surface area contributed by atoms with Gasteiger partial charge in [-0.15, -0.1) is 0 Å². The highest BCUT2D eigenvalue weighted by Crippen LogP contribution is 2.26. The molecule has 2 aromatic heterocycles. The molecule has 6 heteroatoms. The summed E-state index contributed by atoms with van der Waals surface area (Å²) in [5.41, 5.74) is 2.38. The summed E-state index contributed by atoms with van der Waals surface area (Å²) < 4.78 is 26.8. The molecule has 0 radical (unpaired) electrons. The molecule has 0 aliphatic carbocycles. The number of hydrogen-bond acceptors (Lipinski definition) is 3. The Morgan fingerprint density at radius 2 is 1.70 bits per heavy atom. The van der Waals surface area contributed by atoms with Crippen molar-refractivity contribution in [1.29, 1.82) is 0 Å². The second kappa shape index (κ2) is 6.72. The first kappa shape index (κ1) is 17.5. The lowest BCUT2D eigenvalue weighted by atomic mass is 10.2. The van der Waals surface area contributed by atoms with E-state index >= 15 is 0 Å². The van der Waals surface area contributed by atoms with E-state index in [0.717, 1.165) is 16.5 Å². The van der Waals surface area contributed by atoms with Crippen molar-refractivity contribution >= 4 is 32.5 Å². The van der Waals surface area contributed by atoms with Crippen LogP contribution in [-0.4, -0.2) is 17.4 Å². The minimum Gasteiger partial charge on any atom is -0.244 e. The van der Waals surface area contributed by atoms with Crippen LogP contribution in [0.3, 0.4) is 0 Å². The zero-order chi connectivity index (χ0) is 17.2. The maximum absolute atomic E-state index is 12.8. The van der Waals surface area contributed by atoms with Crippen LogP contribution in [0.5, 0.6) is 0 Å². The molecule has 0 atom stereocenters. The lowest BCUT2D eigenvalue weighted by Gasteiger charge is -2.08. The Hall–Kier alpha value is -1.85. The van der Waals surface area contributed by atoms with Crippen LogP contribution >= 0.6 is 11.6 Å². The number of benzene rings is 1. The molecule has 0 amide bonds. The monoisotopic (exact) mass is 350 g/mol. The van der Waals surface area contributed by atoms with Crippen LogP contribution in [0.15, 0.2) is 47.6 Å². The lowest BCUT2D eigenvalue weighted by Crippen LogP contribution is -2.11. The molecule has 0 spiro atoms. The quantitative estimate of drug-likeness (QED) is 0.636. The predicted molar refractivity (Wildman–Crippen MR) is 94.6 cm³/mol. The highest BCUT2D eigenvalue weighted by molar-refractivity contribution is 7.90. The van der Waals surface area contributed by atoms with E-state index in [2.05, 4.69) is 4.98 Å². The van der Waals surface area contributed by atoms with E-state index in [9.17, 15) is 8.42 Å². The highest BCUT2D eigenvalue weighted by Gasteiger charge is 2.20. The van der Waals surface area contributed by atoms with Gasteiger partial charge in [0.15, 0.2) is 0 Å². The molecule has 0 saturated carbocycles. The summed E-state index contributed by atoms with van der Waals surface area (Å²) in [6.45, 7) is 7.76. The van der Waals surface area contributed by atoms with E-state index < -0.39 is 10.0 Å². The summed E-state index contributed by atoms with van der Waals surface area (Å²) in [7, 11) is -3.65. The molecular weight excluding hydrogens is 332 g/mol. The highest BCUT2D eigenvalue weighted by atomic mass is 35.5. The van der Waals surface area contributed by atoms with Gasteiger partial charge in [-0.2, -0.15) is 0 Å². The minimum absolute atomic E-state index is 0.248. The summed E-state index contributed by atoms with van der Waals surface area (Å²) in [5, 5.41) is 1.04. The Labute approximate surface area is 141 Å². The third-order valence-corrected chi connectivity index (χ3v) is 5.29. The van der Waals surface area contributed by atoms with Crippen LogP contribution in [0.1, 0.15) is 25.0 Å². The first-order valence-corrected chi connectivity index (χ1v) is 9.17. The lowest BCUT2D eigenvalue weighted by molar-refractivity contribution is 0.589. The number of aromatic nitrogens is 2. The molecule has 3 rings (SSSR count). The molecule has 1 aromatic carbocycles. The molecule has 0 bridgehead atoms. The summed E-state index contributed by atoms with van der Waals surface area (Å²) in [6, 6.07) is 8.33. The Morgan fingerprint density at radius 3 is 2.30 bits per heavy atom. The van der Waals surface area contributed by atoms with Crippen molar-refractivity contribution in [3.8, 4) is 0 Å². The molecule has 0 N–H and O–H groups in total. The number of pyridine rings is 1. The third kappa shape index (κ3) is 3.26. The SMILES string of the molecule is CC.Cc1ccc(S(=O)(=O)n2cc(C)c3cnc(Cl)cc32)cc1. The normalized spacial score (nSPS) is 11.2. The Bertz CT molecular complexity index is 929. The molecule has 0 unspecified atom stereocenters. The third-order valence-electron chi connectivity index (χ3n) is 3.40. The molecule has 0 aliphatic heterocycles. The van der Waals surface area contributed by atoms with Gasteiger partial charge in [-0.05, 0) is 31.5 Å². The number of aryl methyl sites for hydroxylation is 2. The van der Waals surface area contributed by atoms with E-state index in [4.69, 9.17) is 11.6 Å². The van der Waals surface area contributed by atoms with Gasteiger partial charge in [0.1, 0.15) is 5.15 Å². The van der Waals surface area contributed by atoms with Gasteiger partial charge in [0, 0.05) is 23.8 Å². The van der Waals surface area contributed by atoms with Gasteiger partial charge in [-0.25, -0.2) is 17.4 Å². The van der Waals surface area contributed by atoms with Gasteiger partial charge in [0.05, 0.1) is 10.4 Å². The summed E-state index contributed by atoms with van der Waals surface area (Å²) in [4.78, 5) is 4.25. The maximum atomic E-state index is 12.8. The van der Waals surface area contributed by atoms with E-state index in [0.29, 0.717) is 5.52 Å². The maximum Gasteiger partial charge on any atom is 0.268 e. The molecular formula is C17H19ClN2O2S. The smallest absolute Gasteiger partial charge is 0.244 e. The van der Waals surface area contributed by atoms with Gasteiger partial charge < -0.3 is 0 Å². The van der Waals surface area contributed by atoms with Crippen LogP contribution < -0.4 is 0 Å². The van der Waals surface area contributed by atoms with Crippen molar-refractivity contribution in [3.63, 3.8) is 0 Å². The van der Waals surface area contributed by atoms with Gasteiger partial charge in [-0.3, -0.25) is 0 Å². The summed E-state index contributed by atoms with van der Waals surface area (Å²) >= 11 is 5.90. The first-order valence-electron chi connectivity index (χ1n) is 7.35. The molecule has 4 nitrogen and oxygen atoms in total. The fraction of sp³-hybridized carbons (Fsp3) is 0.235. The number of fused-ring (bicyclic) bond motifs is 1. The fourth-order valence-corrected chi connectivity index (χ4v) is 3.81. The molecule has 23 heavy (non-hydrogen) atoms. The number of halogens is 1. The van der Waals surface area contributed by atoms with E-state index in [1.54, 1.807) is 42.7 Å². The summed E-state index contributed by atoms with van der Waals surface area (Å²) in [5.74, 6) is 0. The Morgan fingerprint density at radius 1 is 1.09 bits per heavy atom. The Balaban J connectivity index is 0.000000924. The standard InChI is InChI=1S/C15H13ClN2O2S.C2H6/c1-10-3-5-12(6-4-10)21(19,20)18-9-11(2)13-8-17-15(16)7-14(13)18;1-2/h3-9H,1-2H3;1-2H3. The average molecular weight is 351 g/mol. The second-order valence-electron chi connectivity index (χ2n) is 4.95. The van der Waals surface area contributed by atoms with Crippen LogP contribution in [0.4, 0.5) is 0 Å². The molecule has 0 aliphatic rings. The minimum atomic E-state index is -3.65. The van der Waals surface area contributed by atoms with Crippen molar-refractivity contribution in [2.45, 2.75) is 32.6 Å². The second-order valence-corrected chi connectivity index (χ2v) is 7.15. The van der Waals surface area contributed by atoms with Crippen molar-refractivity contribution in [3.05, 3.63) is 59.0 Å². The van der Waals surface area contributed by atoms with Crippen molar-refractivity contribution in [2.75, 3.05) is 0 Å². The number of nitrogens with zero attached hydrogens (tertiary/aromatic N) is 2. The average Bonchev–Trinajstić information content (AvgIpc) is 2.87. The Kier molecular flexibility index (Phi) is 5.12. The van der Waals surface area contributed by atoms with Crippen molar-refractivity contribution < 1.29 is 8.42 Å². The number of rotatable bonds is 2.